The van der Waals surface area contributed by atoms with E-state index in [1.807, 2.05) is 31.4 Å². The van der Waals surface area contributed by atoms with Crippen molar-refractivity contribution >= 4 is 23.1 Å². The van der Waals surface area contributed by atoms with Crippen molar-refractivity contribution in [2.45, 2.75) is 20.4 Å². The molecule has 0 saturated heterocycles. The topological polar surface area (TPSA) is 48.3 Å². The van der Waals surface area contributed by atoms with Crippen LogP contribution in [0.1, 0.15) is 37.0 Å². The molecule has 6 heteroatoms. The standard InChI is InChI=1S/C20H18FNO3S/c1-13-9-18(14(2)22(13)11-17-7-4-8-26-17)19(23)12-25-20(24)15-5-3-6-16(21)10-15/h3-10H,11-12H2,1-2H3. The zero-order valence-corrected chi connectivity index (χ0v) is 15.3. The van der Waals surface area contributed by atoms with Gasteiger partial charge in [-0.05, 0) is 49.6 Å². The van der Waals surface area contributed by atoms with Crippen LogP contribution in [0.4, 0.5) is 4.39 Å². The van der Waals surface area contributed by atoms with Gasteiger partial charge >= 0.3 is 5.97 Å². The third-order valence-corrected chi connectivity index (χ3v) is 5.02. The van der Waals surface area contributed by atoms with Gasteiger partial charge in [0.15, 0.2) is 6.61 Å². The Labute approximate surface area is 154 Å². The third-order valence-electron chi connectivity index (χ3n) is 4.16. The van der Waals surface area contributed by atoms with Crippen molar-refractivity contribution in [3.05, 3.63) is 81.1 Å². The van der Waals surface area contributed by atoms with E-state index in [0.29, 0.717) is 12.1 Å². The zero-order chi connectivity index (χ0) is 18.7. The summed E-state index contributed by atoms with van der Waals surface area (Å²) in [6.45, 7) is 4.14. The second-order valence-corrected chi connectivity index (χ2v) is 6.99. The minimum atomic E-state index is -0.717. The normalized spacial score (nSPS) is 10.7. The molecule has 0 unspecified atom stereocenters. The number of halogens is 1. The zero-order valence-electron chi connectivity index (χ0n) is 14.5. The average molecular weight is 371 g/mol. The second kappa shape index (κ2) is 7.66. The molecule has 26 heavy (non-hydrogen) atoms. The average Bonchev–Trinajstić information content (AvgIpc) is 3.23. The van der Waals surface area contributed by atoms with Crippen LogP contribution in [0, 0.1) is 19.7 Å². The number of ether oxygens (including phenoxy) is 1. The van der Waals surface area contributed by atoms with E-state index < -0.39 is 11.8 Å². The van der Waals surface area contributed by atoms with Gasteiger partial charge in [0.05, 0.1) is 12.1 Å². The van der Waals surface area contributed by atoms with E-state index in [0.717, 1.165) is 17.5 Å². The molecule has 1 aromatic carbocycles. The van der Waals surface area contributed by atoms with Gasteiger partial charge in [-0.25, -0.2) is 9.18 Å². The number of rotatable bonds is 6. The number of carbonyl (C=O) groups excluding carboxylic acids is 2. The molecule has 0 saturated carbocycles. The Balaban J connectivity index is 1.69. The maximum absolute atomic E-state index is 13.2. The number of carbonyl (C=O) groups is 2. The van der Waals surface area contributed by atoms with Gasteiger partial charge in [0.1, 0.15) is 5.82 Å². The van der Waals surface area contributed by atoms with Crippen LogP contribution in [0.25, 0.3) is 0 Å². The number of benzene rings is 1. The van der Waals surface area contributed by atoms with Crippen molar-refractivity contribution in [2.24, 2.45) is 0 Å². The van der Waals surface area contributed by atoms with Gasteiger partial charge in [-0.2, -0.15) is 0 Å². The fourth-order valence-corrected chi connectivity index (χ4v) is 3.49. The van der Waals surface area contributed by atoms with Crippen molar-refractivity contribution < 1.29 is 18.7 Å². The minimum absolute atomic E-state index is 0.0842. The van der Waals surface area contributed by atoms with Crippen LogP contribution < -0.4 is 0 Å². The Kier molecular flexibility index (Phi) is 5.32. The molecule has 0 atom stereocenters. The number of aryl methyl sites for hydroxylation is 1. The highest BCUT2D eigenvalue weighted by molar-refractivity contribution is 7.09. The molecule has 0 bridgehead atoms. The Morgan fingerprint density at radius 1 is 1.15 bits per heavy atom. The van der Waals surface area contributed by atoms with Crippen molar-refractivity contribution in [2.75, 3.05) is 6.61 Å². The summed E-state index contributed by atoms with van der Waals surface area (Å²) in [5.74, 6) is -1.52. The molecule has 0 aliphatic carbocycles. The molecule has 0 N–H and O–H groups in total. The number of ketones is 1. The molecule has 0 spiro atoms. The van der Waals surface area contributed by atoms with Crippen molar-refractivity contribution in [1.82, 2.24) is 4.57 Å². The minimum Gasteiger partial charge on any atom is -0.454 e. The summed E-state index contributed by atoms with van der Waals surface area (Å²) in [5, 5.41) is 2.02. The first-order chi connectivity index (χ1) is 12.5. The summed E-state index contributed by atoms with van der Waals surface area (Å²) in [6, 6.07) is 11.0. The maximum atomic E-state index is 13.2. The fraction of sp³-hybridized carbons (Fsp3) is 0.200. The molecule has 0 amide bonds. The van der Waals surface area contributed by atoms with Crippen molar-refractivity contribution in [3.8, 4) is 0 Å². The lowest BCUT2D eigenvalue weighted by Crippen LogP contribution is -2.15. The largest absolute Gasteiger partial charge is 0.454 e. The van der Waals surface area contributed by atoms with Gasteiger partial charge in [0, 0.05) is 21.8 Å². The van der Waals surface area contributed by atoms with E-state index in [9.17, 15) is 14.0 Å². The van der Waals surface area contributed by atoms with Crippen LogP contribution in [-0.4, -0.2) is 22.9 Å². The van der Waals surface area contributed by atoms with Crippen molar-refractivity contribution in [3.63, 3.8) is 0 Å². The quantitative estimate of drug-likeness (QED) is 0.477. The number of hydrogen-bond acceptors (Lipinski definition) is 4. The molecule has 3 aromatic rings. The lowest BCUT2D eigenvalue weighted by Gasteiger charge is -2.08. The molecule has 0 aliphatic rings. The van der Waals surface area contributed by atoms with Crippen molar-refractivity contribution in [1.29, 1.82) is 0 Å². The summed E-state index contributed by atoms with van der Waals surface area (Å²) in [4.78, 5) is 25.6. The highest BCUT2D eigenvalue weighted by Crippen LogP contribution is 2.20. The van der Waals surface area contributed by atoms with Crippen LogP contribution in [0.5, 0.6) is 0 Å². The monoisotopic (exact) mass is 371 g/mol. The molecule has 0 radical (unpaired) electrons. The summed E-state index contributed by atoms with van der Waals surface area (Å²) >= 11 is 1.66. The van der Waals surface area contributed by atoms with Crippen LogP contribution in [0.2, 0.25) is 0 Å². The fourth-order valence-electron chi connectivity index (χ4n) is 2.79. The van der Waals surface area contributed by atoms with Gasteiger partial charge in [0.25, 0.3) is 0 Å². The van der Waals surface area contributed by atoms with E-state index in [1.54, 1.807) is 17.4 Å². The summed E-state index contributed by atoms with van der Waals surface area (Å²) in [5.41, 5.74) is 2.42. The number of hydrogen-bond donors (Lipinski definition) is 0. The maximum Gasteiger partial charge on any atom is 0.338 e. The van der Waals surface area contributed by atoms with Crippen LogP contribution in [0.15, 0.2) is 47.8 Å². The molecule has 0 aliphatic heterocycles. The third kappa shape index (κ3) is 3.91. The number of aromatic nitrogens is 1. The van der Waals surface area contributed by atoms with E-state index >= 15 is 0 Å². The Bertz CT molecular complexity index is 944. The summed E-state index contributed by atoms with van der Waals surface area (Å²) < 4.78 is 20.3. The molecule has 0 fully saturated rings. The van der Waals surface area contributed by atoms with Gasteiger partial charge in [-0.15, -0.1) is 11.3 Å². The van der Waals surface area contributed by atoms with E-state index in [4.69, 9.17) is 4.74 Å². The molecule has 134 valence electrons. The molecule has 2 heterocycles. The van der Waals surface area contributed by atoms with Crippen LogP contribution >= 0.6 is 11.3 Å². The molecule has 4 nitrogen and oxygen atoms in total. The molecule has 2 aromatic heterocycles. The van der Waals surface area contributed by atoms with Gasteiger partial charge in [0.2, 0.25) is 5.78 Å². The van der Waals surface area contributed by atoms with E-state index in [2.05, 4.69) is 4.57 Å². The van der Waals surface area contributed by atoms with Crippen LogP contribution in [0.3, 0.4) is 0 Å². The highest BCUT2D eigenvalue weighted by atomic mass is 32.1. The lowest BCUT2D eigenvalue weighted by atomic mass is 10.1. The summed E-state index contributed by atoms with van der Waals surface area (Å²) in [7, 11) is 0. The number of Topliss-reactive ketones (excluding diaryl/α,β-unsaturated/α-hetero) is 1. The predicted molar refractivity (Wildman–Crippen MR) is 98.3 cm³/mol. The predicted octanol–water partition coefficient (Wildman–Crippen LogP) is 4.39. The molecular formula is C20H18FNO3S. The number of nitrogens with zero attached hydrogens (tertiary/aromatic N) is 1. The lowest BCUT2D eigenvalue weighted by molar-refractivity contribution is 0.0474. The summed E-state index contributed by atoms with van der Waals surface area (Å²) in [6.07, 6.45) is 0. The Hall–Kier alpha value is -2.73. The molecular weight excluding hydrogens is 353 g/mol. The SMILES string of the molecule is Cc1cc(C(=O)COC(=O)c2cccc(F)c2)c(C)n1Cc1cccs1. The highest BCUT2D eigenvalue weighted by Gasteiger charge is 2.18. The first-order valence-corrected chi connectivity index (χ1v) is 8.98. The van der Waals surface area contributed by atoms with Gasteiger partial charge in [-0.3, -0.25) is 4.79 Å². The van der Waals surface area contributed by atoms with Gasteiger partial charge in [-0.1, -0.05) is 12.1 Å². The number of thiophene rings is 1. The smallest absolute Gasteiger partial charge is 0.338 e. The number of esters is 1. The Morgan fingerprint density at radius 2 is 1.96 bits per heavy atom. The first-order valence-electron chi connectivity index (χ1n) is 8.10. The van der Waals surface area contributed by atoms with E-state index in [1.165, 1.54) is 23.1 Å². The first kappa shape index (κ1) is 18.1. The second-order valence-electron chi connectivity index (χ2n) is 5.96. The molecule has 3 rings (SSSR count). The Morgan fingerprint density at radius 3 is 2.65 bits per heavy atom. The van der Waals surface area contributed by atoms with Crippen LogP contribution in [-0.2, 0) is 11.3 Å². The van der Waals surface area contributed by atoms with E-state index in [-0.39, 0.29) is 18.0 Å². The van der Waals surface area contributed by atoms with Gasteiger partial charge < -0.3 is 9.30 Å².